The maximum atomic E-state index is 12.5. The van der Waals surface area contributed by atoms with Gasteiger partial charge in [0.1, 0.15) is 11.8 Å². The zero-order chi connectivity index (χ0) is 20.3. The van der Waals surface area contributed by atoms with E-state index in [4.69, 9.17) is 0 Å². The lowest BCUT2D eigenvalue weighted by Crippen LogP contribution is -2.41. The molecule has 142 valence electrons. The van der Waals surface area contributed by atoms with E-state index in [2.05, 4.69) is 10.6 Å². The Morgan fingerprint density at radius 1 is 1.07 bits per heavy atom. The molecule has 8 nitrogen and oxygen atoms in total. The van der Waals surface area contributed by atoms with Crippen LogP contribution in [0.4, 0.5) is 11.4 Å². The Balaban J connectivity index is 1.73. The molecule has 0 saturated heterocycles. The number of fused-ring (bicyclic) bond motifs is 1. The van der Waals surface area contributed by atoms with Gasteiger partial charge in [0.25, 0.3) is 11.6 Å². The first-order chi connectivity index (χ1) is 13.3. The van der Waals surface area contributed by atoms with Crippen LogP contribution in [0.1, 0.15) is 17.3 Å². The highest BCUT2D eigenvalue weighted by Gasteiger charge is 2.19. The standard InChI is InChI=1S/C20H17N3O5/c1-12(21-20(26)14-5-2-6-15(10-14)23(27)28)19(25)22-18-7-3-4-13-8-9-16(24)11-17(13)18/h2-12,24H,1H3,(H,21,26)(H,22,25). The summed E-state index contributed by atoms with van der Waals surface area (Å²) in [6.45, 7) is 1.51. The molecule has 0 aliphatic rings. The number of phenols is 1. The number of hydrogen-bond acceptors (Lipinski definition) is 5. The third-order valence-corrected chi connectivity index (χ3v) is 4.18. The Kier molecular flexibility index (Phi) is 5.21. The SMILES string of the molecule is CC(NC(=O)c1cccc([N+](=O)[O-])c1)C(=O)Nc1cccc2ccc(O)cc12. The average Bonchev–Trinajstić information content (AvgIpc) is 2.68. The largest absolute Gasteiger partial charge is 0.508 e. The number of anilines is 1. The van der Waals surface area contributed by atoms with E-state index in [-0.39, 0.29) is 17.0 Å². The molecule has 3 rings (SSSR count). The van der Waals surface area contributed by atoms with Crippen molar-refractivity contribution in [1.29, 1.82) is 0 Å². The second kappa shape index (κ2) is 7.75. The fourth-order valence-corrected chi connectivity index (χ4v) is 2.72. The molecular weight excluding hydrogens is 362 g/mol. The topological polar surface area (TPSA) is 122 Å². The number of carbonyl (C=O) groups excluding carboxylic acids is 2. The predicted molar refractivity (Wildman–Crippen MR) is 104 cm³/mol. The molecule has 0 bridgehead atoms. The lowest BCUT2D eigenvalue weighted by molar-refractivity contribution is -0.384. The third-order valence-electron chi connectivity index (χ3n) is 4.18. The van der Waals surface area contributed by atoms with Gasteiger partial charge in [0.05, 0.1) is 4.92 Å². The zero-order valence-electron chi connectivity index (χ0n) is 14.9. The summed E-state index contributed by atoms with van der Waals surface area (Å²) in [5.74, 6) is -0.988. The normalized spacial score (nSPS) is 11.6. The molecule has 0 aromatic heterocycles. The van der Waals surface area contributed by atoms with Crippen molar-refractivity contribution < 1.29 is 19.6 Å². The van der Waals surface area contributed by atoms with Gasteiger partial charge in [-0.1, -0.05) is 24.3 Å². The van der Waals surface area contributed by atoms with Crippen LogP contribution in [-0.2, 0) is 4.79 Å². The first-order valence-electron chi connectivity index (χ1n) is 8.43. The van der Waals surface area contributed by atoms with E-state index in [0.717, 1.165) is 11.5 Å². The van der Waals surface area contributed by atoms with Crippen molar-refractivity contribution in [3.8, 4) is 5.75 Å². The first kappa shape index (κ1) is 18.8. The van der Waals surface area contributed by atoms with Crippen molar-refractivity contribution in [2.75, 3.05) is 5.32 Å². The third kappa shape index (κ3) is 4.07. The molecule has 8 heteroatoms. The van der Waals surface area contributed by atoms with Crippen LogP contribution in [0.5, 0.6) is 5.75 Å². The van der Waals surface area contributed by atoms with Crippen LogP contribution in [-0.4, -0.2) is 27.9 Å². The van der Waals surface area contributed by atoms with Gasteiger partial charge in [-0.15, -0.1) is 0 Å². The smallest absolute Gasteiger partial charge is 0.270 e. The quantitative estimate of drug-likeness (QED) is 0.464. The monoisotopic (exact) mass is 379 g/mol. The molecule has 0 saturated carbocycles. The molecular formula is C20H17N3O5. The van der Waals surface area contributed by atoms with Gasteiger partial charge in [-0.25, -0.2) is 0 Å². The average molecular weight is 379 g/mol. The Labute approximate surface area is 159 Å². The predicted octanol–water partition coefficient (Wildman–Crippen LogP) is 3.21. The molecule has 1 unspecified atom stereocenters. The number of nitro groups is 1. The first-order valence-corrected chi connectivity index (χ1v) is 8.43. The summed E-state index contributed by atoms with van der Waals surface area (Å²) in [7, 11) is 0. The Hall–Kier alpha value is -3.94. The van der Waals surface area contributed by atoms with E-state index in [9.17, 15) is 24.8 Å². The van der Waals surface area contributed by atoms with Crippen molar-refractivity contribution in [1.82, 2.24) is 5.32 Å². The van der Waals surface area contributed by atoms with Crippen LogP contribution in [0.2, 0.25) is 0 Å². The van der Waals surface area contributed by atoms with Crippen LogP contribution in [0.3, 0.4) is 0 Å². The minimum absolute atomic E-state index is 0.0706. The van der Waals surface area contributed by atoms with Crippen molar-refractivity contribution in [3.05, 3.63) is 76.3 Å². The molecule has 0 fully saturated rings. The van der Waals surface area contributed by atoms with Gasteiger partial charge >= 0.3 is 0 Å². The molecule has 3 aromatic rings. The van der Waals surface area contributed by atoms with Crippen molar-refractivity contribution in [2.24, 2.45) is 0 Å². The summed E-state index contributed by atoms with van der Waals surface area (Å²) in [6.07, 6.45) is 0. The Morgan fingerprint density at radius 2 is 1.82 bits per heavy atom. The maximum absolute atomic E-state index is 12.5. The number of non-ortho nitro benzene ring substituents is 1. The van der Waals surface area contributed by atoms with Gasteiger partial charge in [-0.3, -0.25) is 19.7 Å². The van der Waals surface area contributed by atoms with E-state index in [1.54, 1.807) is 24.3 Å². The minimum Gasteiger partial charge on any atom is -0.508 e. The summed E-state index contributed by atoms with van der Waals surface area (Å²) in [5, 5.41) is 27.3. The fourth-order valence-electron chi connectivity index (χ4n) is 2.72. The number of nitrogens with one attached hydrogen (secondary N) is 2. The van der Waals surface area contributed by atoms with Gasteiger partial charge in [0.15, 0.2) is 0 Å². The molecule has 3 aromatic carbocycles. The van der Waals surface area contributed by atoms with Gasteiger partial charge in [0, 0.05) is 28.8 Å². The number of nitro benzene ring substituents is 1. The van der Waals surface area contributed by atoms with Gasteiger partial charge in [-0.05, 0) is 36.6 Å². The molecule has 28 heavy (non-hydrogen) atoms. The lowest BCUT2D eigenvalue weighted by atomic mass is 10.1. The number of carbonyl (C=O) groups is 2. The number of amides is 2. The molecule has 2 amide bonds. The molecule has 0 aliphatic carbocycles. The van der Waals surface area contributed by atoms with Gasteiger partial charge in [0.2, 0.25) is 5.91 Å². The van der Waals surface area contributed by atoms with Crippen LogP contribution in [0.15, 0.2) is 60.7 Å². The Bertz CT molecular complexity index is 1080. The van der Waals surface area contributed by atoms with E-state index in [1.807, 2.05) is 6.07 Å². The highest BCUT2D eigenvalue weighted by molar-refractivity contribution is 6.06. The van der Waals surface area contributed by atoms with Gasteiger partial charge in [-0.2, -0.15) is 0 Å². The summed E-state index contributed by atoms with van der Waals surface area (Å²) in [4.78, 5) is 35.0. The number of benzene rings is 3. The van der Waals surface area contributed by atoms with Crippen LogP contribution in [0.25, 0.3) is 10.8 Å². The summed E-state index contributed by atoms with van der Waals surface area (Å²) < 4.78 is 0. The second-order valence-electron chi connectivity index (χ2n) is 6.20. The highest BCUT2D eigenvalue weighted by atomic mass is 16.6. The van der Waals surface area contributed by atoms with Crippen LogP contribution < -0.4 is 10.6 Å². The zero-order valence-corrected chi connectivity index (χ0v) is 14.9. The number of nitrogens with zero attached hydrogens (tertiary/aromatic N) is 1. The van der Waals surface area contributed by atoms with Crippen LogP contribution >= 0.6 is 0 Å². The summed E-state index contributed by atoms with van der Waals surface area (Å²) >= 11 is 0. The van der Waals surface area contributed by atoms with E-state index < -0.39 is 22.8 Å². The number of phenolic OH excluding ortho intramolecular Hbond substituents is 1. The van der Waals surface area contributed by atoms with E-state index in [1.165, 1.54) is 31.2 Å². The fraction of sp³-hybridized carbons (Fsp3) is 0.100. The molecule has 3 N–H and O–H groups in total. The molecule has 0 spiro atoms. The van der Waals surface area contributed by atoms with Crippen LogP contribution in [0, 0.1) is 10.1 Å². The number of aromatic hydroxyl groups is 1. The highest BCUT2D eigenvalue weighted by Crippen LogP contribution is 2.27. The summed E-state index contributed by atoms with van der Waals surface area (Å²) in [6, 6.07) is 14.5. The molecule has 0 radical (unpaired) electrons. The molecule has 0 heterocycles. The minimum atomic E-state index is -0.890. The van der Waals surface area contributed by atoms with Gasteiger partial charge < -0.3 is 15.7 Å². The lowest BCUT2D eigenvalue weighted by Gasteiger charge is -2.15. The van der Waals surface area contributed by atoms with Crippen molar-refractivity contribution in [2.45, 2.75) is 13.0 Å². The summed E-state index contributed by atoms with van der Waals surface area (Å²) in [5.41, 5.74) is 0.374. The van der Waals surface area contributed by atoms with E-state index in [0.29, 0.717) is 11.1 Å². The van der Waals surface area contributed by atoms with E-state index >= 15 is 0 Å². The maximum Gasteiger partial charge on any atom is 0.270 e. The second-order valence-corrected chi connectivity index (χ2v) is 6.20. The van der Waals surface area contributed by atoms with Crippen molar-refractivity contribution in [3.63, 3.8) is 0 Å². The molecule has 0 aliphatic heterocycles. The van der Waals surface area contributed by atoms with Crippen molar-refractivity contribution >= 4 is 34.0 Å². The number of rotatable bonds is 5. The molecule has 1 atom stereocenters. The number of hydrogen-bond donors (Lipinski definition) is 3. The Morgan fingerprint density at radius 3 is 2.57 bits per heavy atom.